The molecule has 5 N–H and O–H groups in total. The zero-order chi connectivity index (χ0) is 40.8. The Labute approximate surface area is 344 Å². The normalized spacial score (nSPS) is 12.9. The Balaban J connectivity index is 0.00000620. The maximum absolute atomic E-state index is 12.4. The van der Waals surface area contributed by atoms with Crippen LogP contribution in [0.15, 0.2) is 125 Å². The first-order chi connectivity index (χ1) is 26.1. The summed E-state index contributed by atoms with van der Waals surface area (Å²) in [6.07, 6.45) is 4.57. The minimum absolute atomic E-state index is 0. The molecule has 0 amide bonds. The van der Waals surface area contributed by atoms with Crippen LogP contribution >= 0.6 is 0 Å². The van der Waals surface area contributed by atoms with Gasteiger partial charge in [-0.3, -0.25) is 23.6 Å². The molecule has 0 atom stereocenters. The average Bonchev–Trinajstić information content (AvgIpc) is 3.12. The molecule has 288 valence electrons. The molecule has 0 aliphatic heterocycles. The Morgan fingerprint density at radius 2 is 0.912 bits per heavy atom. The Hall–Kier alpha value is -5.12. The molecule has 0 saturated heterocycles. The van der Waals surface area contributed by atoms with E-state index in [1.807, 2.05) is 0 Å². The smallest absolute Gasteiger partial charge is 0.744 e. The number of hydrogen-bond donors (Lipinski definition) is 5. The van der Waals surface area contributed by atoms with Crippen LogP contribution in [0.3, 0.4) is 0 Å². The number of fused-ring (bicyclic) bond motifs is 2. The monoisotopic (exact) mass is 864 g/mol. The number of aromatic nitrogens is 2. The molecule has 6 rings (SSSR count). The molecule has 25 heteroatoms. The SMILES string of the molecule is O=S(=O)([O-])c1cc(N=Nc2ccc(/C=C/c3ccc(N=Nc4cc(S(=O)(=O)O)c5cccnc5c4O)cc3S(=O)(=O)O)c(S(=O)(=O)O)c2)c(O)c2ncccc12.[Na+]. The van der Waals surface area contributed by atoms with Crippen molar-refractivity contribution in [2.75, 3.05) is 0 Å². The summed E-state index contributed by atoms with van der Waals surface area (Å²) in [6, 6.07) is 13.0. The zero-order valence-corrected chi connectivity index (χ0v) is 33.7. The third-order valence-corrected chi connectivity index (χ3v) is 11.3. The van der Waals surface area contributed by atoms with Crippen molar-refractivity contribution in [3.8, 4) is 11.5 Å². The molecule has 0 fully saturated rings. The third-order valence-electron chi connectivity index (χ3n) is 7.70. The Morgan fingerprint density at radius 3 is 1.30 bits per heavy atom. The maximum atomic E-state index is 12.4. The second-order valence-electron chi connectivity index (χ2n) is 11.3. The molecule has 20 nitrogen and oxygen atoms in total. The molecular formula is C32H21N6NaO14S4. The van der Waals surface area contributed by atoms with E-state index in [4.69, 9.17) is 0 Å². The van der Waals surface area contributed by atoms with Gasteiger partial charge in [-0.2, -0.15) is 35.5 Å². The van der Waals surface area contributed by atoms with Crippen LogP contribution in [0.2, 0.25) is 0 Å². The summed E-state index contributed by atoms with van der Waals surface area (Å²) in [5.74, 6) is -1.27. The summed E-state index contributed by atoms with van der Waals surface area (Å²) in [5, 5.41) is 36.0. The van der Waals surface area contributed by atoms with E-state index in [0.29, 0.717) is 0 Å². The molecule has 57 heavy (non-hydrogen) atoms. The van der Waals surface area contributed by atoms with Gasteiger partial charge in [0.05, 0.1) is 16.3 Å². The van der Waals surface area contributed by atoms with Crippen LogP contribution in [0.5, 0.6) is 11.5 Å². The van der Waals surface area contributed by atoms with Gasteiger partial charge in [0.25, 0.3) is 30.4 Å². The molecule has 0 radical (unpaired) electrons. The second kappa shape index (κ2) is 16.0. The molecule has 2 heterocycles. The molecule has 0 saturated carbocycles. The second-order valence-corrected chi connectivity index (χ2v) is 16.9. The molecule has 0 bridgehead atoms. The van der Waals surface area contributed by atoms with Gasteiger partial charge >= 0.3 is 29.6 Å². The van der Waals surface area contributed by atoms with Crippen molar-refractivity contribution in [3.63, 3.8) is 0 Å². The van der Waals surface area contributed by atoms with Crippen molar-refractivity contribution in [1.29, 1.82) is 0 Å². The fourth-order valence-corrected chi connectivity index (χ4v) is 8.04. The van der Waals surface area contributed by atoms with E-state index >= 15 is 0 Å². The summed E-state index contributed by atoms with van der Waals surface area (Å²) < 4.78 is 139. The fraction of sp³-hybridized carbons (Fsp3) is 0. The van der Waals surface area contributed by atoms with Gasteiger partial charge in [-0.15, -0.1) is 10.2 Å². The summed E-state index contributed by atoms with van der Waals surface area (Å²) in [4.78, 5) is 4.81. The first-order valence-electron chi connectivity index (χ1n) is 15.0. The number of rotatable bonds is 10. The largest absolute Gasteiger partial charge is 1.00 e. The van der Waals surface area contributed by atoms with Gasteiger partial charge in [-0.1, -0.05) is 24.3 Å². The van der Waals surface area contributed by atoms with Crippen molar-refractivity contribution in [3.05, 3.63) is 96.3 Å². The van der Waals surface area contributed by atoms with Gasteiger partial charge in [0.15, 0.2) is 11.5 Å². The standard InChI is InChI=1S/C32H22N6O14S4.Na/c39-31-23(15-27(55(47,48)49)21-3-1-11-33-29(21)31)37-35-19-9-7-17(25(13-19)53(41,42)43)5-6-18-8-10-20(14-26(18)54(44,45)46)36-38-24-16-28(56(50,51)52)22-4-2-12-34-30(22)32(24)40;/h1-16,39-40H,(H,41,42,43)(H,44,45,46)(H,47,48,49)(H,50,51,52);/q;+1/p-1/b6-5+,37-35?,38-36?;. The van der Waals surface area contributed by atoms with Gasteiger partial charge in [0, 0.05) is 23.2 Å². The number of phenolic OH excluding ortho intramolecular Hbond substituents is 2. The van der Waals surface area contributed by atoms with Crippen molar-refractivity contribution in [2.24, 2.45) is 20.5 Å². The minimum atomic E-state index is -5.08. The van der Waals surface area contributed by atoms with Crippen LogP contribution < -0.4 is 29.6 Å². The number of pyridine rings is 2. The van der Waals surface area contributed by atoms with Crippen molar-refractivity contribution < 1.29 is 91.7 Å². The van der Waals surface area contributed by atoms with E-state index in [0.717, 1.165) is 48.6 Å². The van der Waals surface area contributed by atoms with Gasteiger partial charge in [0.2, 0.25) is 0 Å². The average molecular weight is 865 g/mol. The van der Waals surface area contributed by atoms with E-state index in [2.05, 4.69) is 30.4 Å². The molecule has 0 aliphatic carbocycles. The number of nitrogens with zero attached hydrogens (tertiary/aromatic N) is 6. The van der Waals surface area contributed by atoms with Gasteiger partial charge < -0.3 is 14.8 Å². The first-order valence-corrected chi connectivity index (χ1v) is 20.8. The Bertz CT molecular complexity index is 2970. The number of phenols is 2. The van der Waals surface area contributed by atoms with E-state index in [-0.39, 0.29) is 73.9 Å². The van der Waals surface area contributed by atoms with Crippen LogP contribution in [-0.4, -0.2) is 72.1 Å². The molecule has 6 aromatic rings. The van der Waals surface area contributed by atoms with E-state index in [1.54, 1.807) is 0 Å². The summed E-state index contributed by atoms with van der Waals surface area (Å²) in [6.45, 7) is 0. The predicted molar refractivity (Wildman–Crippen MR) is 194 cm³/mol. The van der Waals surface area contributed by atoms with Crippen LogP contribution in [0.1, 0.15) is 11.1 Å². The zero-order valence-electron chi connectivity index (χ0n) is 28.5. The van der Waals surface area contributed by atoms with Crippen LogP contribution in [-0.2, 0) is 40.5 Å². The molecule has 2 aromatic heterocycles. The third kappa shape index (κ3) is 9.37. The van der Waals surface area contributed by atoms with Gasteiger partial charge in [-0.05, 0) is 71.8 Å². The Morgan fingerprint density at radius 1 is 0.526 bits per heavy atom. The number of aromatic hydroxyl groups is 2. The number of azo groups is 2. The van der Waals surface area contributed by atoms with Crippen LogP contribution in [0.25, 0.3) is 34.0 Å². The quantitative estimate of drug-likeness (QED) is 0.0572. The van der Waals surface area contributed by atoms with Gasteiger partial charge in [0.1, 0.15) is 47.2 Å². The molecule has 4 aromatic carbocycles. The van der Waals surface area contributed by atoms with Crippen molar-refractivity contribution in [1.82, 2.24) is 9.97 Å². The molecule has 0 unspecified atom stereocenters. The molecule has 0 spiro atoms. The molecule has 0 aliphatic rings. The first kappa shape index (κ1) is 43.0. The summed E-state index contributed by atoms with van der Waals surface area (Å²) >= 11 is 0. The number of benzene rings is 4. The minimum Gasteiger partial charge on any atom is -0.744 e. The van der Waals surface area contributed by atoms with Crippen LogP contribution in [0, 0.1) is 0 Å². The van der Waals surface area contributed by atoms with E-state index in [9.17, 15) is 62.1 Å². The van der Waals surface area contributed by atoms with Crippen molar-refractivity contribution >= 4 is 97.2 Å². The summed E-state index contributed by atoms with van der Waals surface area (Å²) in [5.41, 5.74) is -2.49. The predicted octanol–water partition coefficient (Wildman–Crippen LogP) is 2.84. The van der Waals surface area contributed by atoms with Crippen LogP contribution in [0.4, 0.5) is 22.7 Å². The fourth-order valence-electron chi connectivity index (χ4n) is 5.24. The maximum Gasteiger partial charge on any atom is 1.00 e. The topological polar surface area (TPSA) is 336 Å². The summed E-state index contributed by atoms with van der Waals surface area (Å²) in [7, 11) is -19.9. The van der Waals surface area contributed by atoms with E-state index < -0.39 is 82.9 Å². The molecular weight excluding hydrogens is 844 g/mol. The van der Waals surface area contributed by atoms with Gasteiger partial charge in [-0.25, -0.2) is 8.42 Å². The Kier molecular flexibility index (Phi) is 12.1. The van der Waals surface area contributed by atoms with Crippen molar-refractivity contribution in [2.45, 2.75) is 19.6 Å². The number of hydrogen-bond acceptors (Lipinski definition) is 17. The van der Waals surface area contributed by atoms with E-state index in [1.165, 1.54) is 48.8 Å².